The average molecular weight is 195 g/mol. The largest absolute Gasteiger partial charge is 0.334 e. The van der Waals surface area contributed by atoms with Crippen molar-refractivity contribution in [3.05, 3.63) is 17.7 Å². The molecule has 0 aliphatic heterocycles. The average Bonchev–Trinajstić information content (AvgIpc) is 2.29. The summed E-state index contributed by atoms with van der Waals surface area (Å²) in [5.74, 6) is 1.02. The number of hydrogen-bond acceptors (Lipinski definition) is 2. The third-order valence-electron chi connectivity index (χ3n) is 2.47. The van der Waals surface area contributed by atoms with Crippen LogP contribution in [-0.4, -0.2) is 9.55 Å². The highest BCUT2D eigenvalue weighted by Crippen LogP contribution is 2.27. The second-order valence-corrected chi connectivity index (χ2v) is 5.16. The molecule has 1 heterocycles. The fourth-order valence-electron chi connectivity index (χ4n) is 1.63. The summed E-state index contributed by atoms with van der Waals surface area (Å²) in [6.45, 7) is 8.61. The Labute approximate surface area is 86.3 Å². The number of aromatic nitrogens is 2. The molecular weight excluding hydrogens is 174 g/mol. The molecule has 1 atom stereocenters. The highest BCUT2D eigenvalue weighted by molar-refractivity contribution is 5.08. The van der Waals surface area contributed by atoms with Crippen LogP contribution in [0.3, 0.4) is 0 Å². The Kier molecular flexibility index (Phi) is 3.00. The Morgan fingerprint density at radius 3 is 2.43 bits per heavy atom. The van der Waals surface area contributed by atoms with Gasteiger partial charge in [0.1, 0.15) is 5.82 Å². The Balaban J connectivity index is 2.80. The maximum Gasteiger partial charge on any atom is 0.105 e. The third kappa shape index (κ3) is 2.58. The smallest absolute Gasteiger partial charge is 0.105 e. The van der Waals surface area contributed by atoms with Crippen LogP contribution in [0.2, 0.25) is 0 Å². The Morgan fingerprint density at radius 2 is 2.07 bits per heavy atom. The Bertz CT molecular complexity index is 307. The fraction of sp³-hybridized carbons (Fsp3) is 0.727. The van der Waals surface area contributed by atoms with Crippen molar-refractivity contribution in [3.8, 4) is 0 Å². The number of rotatable bonds is 2. The van der Waals surface area contributed by atoms with E-state index in [2.05, 4.69) is 30.3 Å². The molecule has 0 saturated heterocycles. The van der Waals surface area contributed by atoms with E-state index in [1.165, 1.54) is 0 Å². The van der Waals surface area contributed by atoms with Gasteiger partial charge in [0.2, 0.25) is 0 Å². The van der Waals surface area contributed by atoms with Crippen molar-refractivity contribution in [2.45, 2.75) is 40.2 Å². The summed E-state index contributed by atoms with van der Waals surface area (Å²) < 4.78 is 2.07. The molecule has 80 valence electrons. The summed E-state index contributed by atoms with van der Waals surface area (Å²) in [6, 6.07) is 0.0844. The molecule has 0 bridgehead atoms. The van der Waals surface area contributed by atoms with Gasteiger partial charge in [-0.25, -0.2) is 4.98 Å². The summed E-state index contributed by atoms with van der Waals surface area (Å²) in [4.78, 5) is 4.25. The van der Waals surface area contributed by atoms with E-state index in [9.17, 15) is 0 Å². The van der Waals surface area contributed by atoms with Crippen LogP contribution in [0, 0.1) is 12.3 Å². The van der Waals surface area contributed by atoms with Gasteiger partial charge in [0.25, 0.3) is 0 Å². The first-order valence-electron chi connectivity index (χ1n) is 5.05. The van der Waals surface area contributed by atoms with Gasteiger partial charge < -0.3 is 10.3 Å². The zero-order valence-electron chi connectivity index (χ0n) is 9.83. The lowest BCUT2D eigenvalue weighted by Gasteiger charge is -2.23. The van der Waals surface area contributed by atoms with Crippen molar-refractivity contribution in [3.63, 3.8) is 0 Å². The topological polar surface area (TPSA) is 43.8 Å². The van der Waals surface area contributed by atoms with Gasteiger partial charge in [-0.3, -0.25) is 0 Å². The van der Waals surface area contributed by atoms with Crippen molar-refractivity contribution in [2.75, 3.05) is 0 Å². The van der Waals surface area contributed by atoms with Crippen molar-refractivity contribution in [1.82, 2.24) is 9.55 Å². The first kappa shape index (κ1) is 11.2. The molecule has 0 saturated carbocycles. The van der Waals surface area contributed by atoms with Crippen LogP contribution in [-0.2, 0) is 7.05 Å². The predicted octanol–water partition coefficient (Wildman–Crippen LogP) is 2.16. The van der Waals surface area contributed by atoms with E-state index in [0.717, 1.165) is 17.9 Å². The van der Waals surface area contributed by atoms with Crippen LogP contribution in [0.15, 0.2) is 6.20 Å². The number of aryl methyl sites for hydroxylation is 1. The summed E-state index contributed by atoms with van der Waals surface area (Å²) in [7, 11) is 2.01. The molecule has 3 nitrogen and oxygen atoms in total. The molecule has 0 amide bonds. The molecule has 0 radical (unpaired) electrons. The Hall–Kier alpha value is -0.830. The van der Waals surface area contributed by atoms with E-state index in [4.69, 9.17) is 5.73 Å². The quantitative estimate of drug-likeness (QED) is 0.786. The molecular formula is C11H21N3. The second kappa shape index (κ2) is 3.73. The van der Waals surface area contributed by atoms with Crippen LogP contribution in [0.5, 0.6) is 0 Å². The number of nitrogens with two attached hydrogens (primary N) is 1. The first-order valence-corrected chi connectivity index (χ1v) is 5.05. The lowest BCUT2D eigenvalue weighted by molar-refractivity contribution is 0.337. The zero-order chi connectivity index (χ0) is 10.9. The van der Waals surface area contributed by atoms with Gasteiger partial charge in [-0.1, -0.05) is 20.8 Å². The molecule has 1 unspecified atom stereocenters. The molecule has 1 rings (SSSR count). The number of imidazole rings is 1. The molecule has 0 aliphatic carbocycles. The maximum atomic E-state index is 6.13. The van der Waals surface area contributed by atoms with Crippen LogP contribution in [0.1, 0.15) is 44.8 Å². The maximum absolute atomic E-state index is 6.13. The van der Waals surface area contributed by atoms with Gasteiger partial charge in [-0.05, 0) is 18.8 Å². The highest BCUT2D eigenvalue weighted by Gasteiger charge is 2.19. The number of nitrogens with zero attached hydrogens (tertiary/aromatic N) is 2. The van der Waals surface area contributed by atoms with Crippen LogP contribution < -0.4 is 5.73 Å². The molecule has 0 aliphatic rings. The molecule has 0 aromatic carbocycles. The van der Waals surface area contributed by atoms with Gasteiger partial charge in [0.05, 0.1) is 11.9 Å². The van der Waals surface area contributed by atoms with Gasteiger partial charge in [-0.2, -0.15) is 0 Å². The van der Waals surface area contributed by atoms with Gasteiger partial charge in [-0.15, -0.1) is 0 Å². The van der Waals surface area contributed by atoms with E-state index in [0.29, 0.717) is 0 Å². The first-order chi connectivity index (χ1) is 6.31. The van der Waals surface area contributed by atoms with E-state index >= 15 is 0 Å². The predicted molar refractivity (Wildman–Crippen MR) is 58.9 cm³/mol. The van der Waals surface area contributed by atoms with Crippen LogP contribution >= 0.6 is 0 Å². The normalized spacial score (nSPS) is 14.4. The summed E-state index contributed by atoms with van der Waals surface area (Å²) in [5, 5.41) is 0. The molecule has 1 aromatic rings. The fourth-order valence-corrected chi connectivity index (χ4v) is 1.63. The van der Waals surface area contributed by atoms with E-state index in [-0.39, 0.29) is 11.5 Å². The molecule has 0 spiro atoms. The van der Waals surface area contributed by atoms with Crippen molar-refractivity contribution >= 4 is 0 Å². The monoisotopic (exact) mass is 195 g/mol. The molecule has 0 fully saturated rings. The summed E-state index contributed by atoms with van der Waals surface area (Å²) in [5.41, 5.74) is 7.52. The van der Waals surface area contributed by atoms with Gasteiger partial charge in [0, 0.05) is 13.1 Å². The van der Waals surface area contributed by atoms with Crippen LogP contribution in [0.25, 0.3) is 0 Å². The minimum atomic E-state index is 0.0844. The van der Waals surface area contributed by atoms with Gasteiger partial charge >= 0.3 is 0 Å². The van der Waals surface area contributed by atoms with Crippen molar-refractivity contribution in [1.29, 1.82) is 0 Å². The molecule has 3 heteroatoms. The number of hydrogen-bond donors (Lipinski definition) is 1. The minimum absolute atomic E-state index is 0.0844. The summed E-state index contributed by atoms with van der Waals surface area (Å²) >= 11 is 0. The third-order valence-corrected chi connectivity index (χ3v) is 2.47. The van der Waals surface area contributed by atoms with E-state index in [1.54, 1.807) is 0 Å². The van der Waals surface area contributed by atoms with Crippen molar-refractivity contribution < 1.29 is 0 Å². The van der Waals surface area contributed by atoms with Gasteiger partial charge in [0.15, 0.2) is 0 Å². The lowest BCUT2D eigenvalue weighted by Crippen LogP contribution is -2.21. The van der Waals surface area contributed by atoms with Crippen LogP contribution in [0.4, 0.5) is 0 Å². The van der Waals surface area contributed by atoms with E-state index < -0.39 is 0 Å². The second-order valence-electron chi connectivity index (χ2n) is 5.16. The van der Waals surface area contributed by atoms with E-state index in [1.807, 2.05) is 20.2 Å². The molecule has 1 aromatic heterocycles. The Morgan fingerprint density at radius 1 is 1.50 bits per heavy atom. The highest BCUT2D eigenvalue weighted by atomic mass is 15.1. The van der Waals surface area contributed by atoms with Crippen molar-refractivity contribution in [2.24, 2.45) is 18.2 Å². The zero-order valence-corrected chi connectivity index (χ0v) is 9.83. The SMILES string of the molecule is Cc1ncc(C(N)CC(C)(C)C)n1C. The standard InChI is InChI=1S/C11H21N3/c1-8-13-7-10(14(8)5)9(12)6-11(2,3)4/h7,9H,6,12H2,1-5H3. The summed E-state index contributed by atoms with van der Waals surface area (Å²) in [6.07, 6.45) is 2.86. The minimum Gasteiger partial charge on any atom is -0.334 e. The molecule has 2 N–H and O–H groups in total. The lowest BCUT2D eigenvalue weighted by atomic mass is 9.87. The molecule has 14 heavy (non-hydrogen) atoms.